The van der Waals surface area contributed by atoms with Crippen LogP contribution in [-0.4, -0.2) is 25.7 Å². The molecule has 1 N–H and O–H groups in total. The van der Waals surface area contributed by atoms with E-state index in [0.717, 1.165) is 13.1 Å². The molecule has 1 unspecified atom stereocenters. The highest BCUT2D eigenvalue weighted by Gasteiger charge is 2.19. The van der Waals surface area contributed by atoms with E-state index in [0.29, 0.717) is 12.0 Å². The highest BCUT2D eigenvalue weighted by atomic mass is 15.2. The maximum Gasteiger partial charge on any atom is 0.0366 e. The lowest BCUT2D eigenvalue weighted by atomic mass is 10.0. The van der Waals surface area contributed by atoms with Gasteiger partial charge in [-0.05, 0) is 43.0 Å². The fourth-order valence-electron chi connectivity index (χ4n) is 2.74. The molecule has 1 aliphatic heterocycles. The van der Waals surface area contributed by atoms with Crippen LogP contribution in [0.4, 0.5) is 5.69 Å². The number of hydrogen-bond donors (Lipinski definition) is 1. The van der Waals surface area contributed by atoms with Crippen LogP contribution in [0.1, 0.15) is 45.1 Å². The highest BCUT2D eigenvalue weighted by Crippen LogP contribution is 2.23. The molecule has 0 radical (unpaired) electrons. The van der Waals surface area contributed by atoms with E-state index in [-0.39, 0.29) is 0 Å². The monoisotopic (exact) mass is 246 g/mol. The lowest BCUT2D eigenvalue weighted by Crippen LogP contribution is -2.45. The zero-order chi connectivity index (χ0) is 13.0. The quantitative estimate of drug-likeness (QED) is 0.876. The molecule has 2 nitrogen and oxygen atoms in total. The van der Waals surface area contributed by atoms with Gasteiger partial charge in [-0.2, -0.15) is 0 Å². The van der Waals surface area contributed by atoms with Gasteiger partial charge in [-0.15, -0.1) is 0 Å². The summed E-state index contributed by atoms with van der Waals surface area (Å²) in [6.07, 6.45) is 2.61. The van der Waals surface area contributed by atoms with Crippen molar-refractivity contribution in [3.63, 3.8) is 0 Å². The van der Waals surface area contributed by atoms with Gasteiger partial charge in [0.15, 0.2) is 0 Å². The molecule has 1 heterocycles. The van der Waals surface area contributed by atoms with E-state index in [4.69, 9.17) is 0 Å². The molecule has 100 valence electrons. The second-order valence-corrected chi connectivity index (χ2v) is 5.59. The fourth-order valence-corrected chi connectivity index (χ4v) is 2.74. The largest absolute Gasteiger partial charge is 0.370 e. The number of benzene rings is 1. The smallest absolute Gasteiger partial charge is 0.0366 e. The van der Waals surface area contributed by atoms with Crippen LogP contribution in [0.3, 0.4) is 0 Å². The van der Waals surface area contributed by atoms with E-state index < -0.39 is 0 Å². The molecule has 1 fully saturated rings. The summed E-state index contributed by atoms with van der Waals surface area (Å²) in [7, 11) is 0. The van der Waals surface area contributed by atoms with E-state index >= 15 is 0 Å². The van der Waals surface area contributed by atoms with Gasteiger partial charge in [0.25, 0.3) is 0 Å². The Morgan fingerprint density at radius 3 is 2.61 bits per heavy atom. The molecule has 0 amide bonds. The summed E-state index contributed by atoms with van der Waals surface area (Å²) in [4.78, 5) is 2.51. The van der Waals surface area contributed by atoms with E-state index in [1.54, 1.807) is 0 Å². The Morgan fingerprint density at radius 2 is 2.00 bits per heavy atom. The summed E-state index contributed by atoms with van der Waals surface area (Å²) < 4.78 is 0. The summed E-state index contributed by atoms with van der Waals surface area (Å²) >= 11 is 0. The van der Waals surface area contributed by atoms with Crippen molar-refractivity contribution in [2.75, 3.05) is 24.5 Å². The Kier molecular flexibility index (Phi) is 4.65. The van der Waals surface area contributed by atoms with E-state index in [2.05, 4.69) is 55.3 Å². The van der Waals surface area contributed by atoms with Gasteiger partial charge in [0.05, 0.1) is 0 Å². The van der Waals surface area contributed by atoms with Gasteiger partial charge in [0.2, 0.25) is 0 Å². The second-order valence-electron chi connectivity index (χ2n) is 5.59. The first kappa shape index (κ1) is 13.4. The lowest BCUT2D eigenvalue weighted by molar-refractivity contribution is 0.431. The maximum atomic E-state index is 3.57. The minimum absolute atomic E-state index is 0.620. The summed E-state index contributed by atoms with van der Waals surface area (Å²) in [5.41, 5.74) is 2.81. The normalized spacial score (nSPS) is 20.4. The van der Waals surface area contributed by atoms with E-state index in [9.17, 15) is 0 Å². The molecule has 0 aromatic heterocycles. The topological polar surface area (TPSA) is 15.3 Å². The molecule has 1 aromatic carbocycles. The summed E-state index contributed by atoms with van der Waals surface area (Å²) in [6, 6.07) is 9.77. The number of rotatable bonds is 4. The molecule has 0 bridgehead atoms. The predicted molar refractivity (Wildman–Crippen MR) is 79.4 cm³/mol. The summed E-state index contributed by atoms with van der Waals surface area (Å²) in [5.74, 6) is 0.620. The minimum Gasteiger partial charge on any atom is -0.370 e. The van der Waals surface area contributed by atoms with Gasteiger partial charge in [0, 0.05) is 24.8 Å². The first-order chi connectivity index (χ1) is 8.70. The van der Waals surface area contributed by atoms with Crippen LogP contribution in [0.2, 0.25) is 0 Å². The number of nitrogens with zero attached hydrogens (tertiary/aromatic N) is 1. The van der Waals surface area contributed by atoms with Gasteiger partial charge in [-0.3, -0.25) is 0 Å². The molecule has 1 aromatic rings. The maximum absolute atomic E-state index is 3.57. The van der Waals surface area contributed by atoms with Crippen molar-refractivity contribution in [1.29, 1.82) is 0 Å². The number of piperidine rings is 1. The van der Waals surface area contributed by atoms with Crippen LogP contribution >= 0.6 is 0 Å². The van der Waals surface area contributed by atoms with E-state index in [1.165, 1.54) is 30.6 Å². The van der Waals surface area contributed by atoms with E-state index in [1.807, 2.05) is 0 Å². The van der Waals surface area contributed by atoms with Crippen molar-refractivity contribution in [3.8, 4) is 0 Å². The van der Waals surface area contributed by atoms with Crippen LogP contribution in [-0.2, 0) is 0 Å². The van der Waals surface area contributed by atoms with Crippen LogP contribution in [0.15, 0.2) is 24.3 Å². The third-order valence-corrected chi connectivity index (χ3v) is 3.84. The van der Waals surface area contributed by atoms with Crippen molar-refractivity contribution in [2.45, 2.75) is 45.6 Å². The van der Waals surface area contributed by atoms with Crippen molar-refractivity contribution < 1.29 is 0 Å². The fraction of sp³-hybridized carbons (Fsp3) is 0.625. The first-order valence-electron chi connectivity index (χ1n) is 7.29. The molecule has 1 atom stereocenters. The van der Waals surface area contributed by atoms with Gasteiger partial charge in [-0.1, -0.05) is 32.9 Å². The molecule has 2 heteroatoms. The zero-order valence-electron chi connectivity index (χ0n) is 11.9. The van der Waals surface area contributed by atoms with Crippen molar-refractivity contribution in [2.24, 2.45) is 0 Å². The third kappa shape index (κ3) is 3.26. The Hall–Kier alpha value is -1.02. The number of likely N-dealkylation sites (N-methyl/N-ethyl adjacent to an activating group) is 1. The highest BCUT2D eigenvalue weighted by molar-refractivity contribution is 5.48. The van der Waals surface area contributed by atoms with Crippen LogP contribution < -0.4 is 10.2 Å². The molecule has 1 saturated heterocycles. The van der Waals surface area contributed by atoms with Gasteiger partial charge >= 0.3 is 0 Å². The molecule has 0 saturated carbocycles. The molecular weight excluding hydrogens is 220 g/mol. The van der Waals surface area contributed by atoms with Crippen molar-refractivity contribution >= 4 is 5.69 Å². The second kappa shape index (κ2) is 6.24. The van der Waals surface area contributed by atoms with Gasteiger partial charge < -0.3 is 10.2 Å². The van der Waals surface area contributed by atoms with Crippen LogP contribution in [0.25, 0.3) is 0 Å². The molecule has 18 heavy (non-hydrogen) atoms. The SMILES string of the molecule is CCNC1CCCN(c2ccc(C(C)C)cc2)C1. The number of anilines is 1. The summed E-state index contributed by atoms with van der Waals surface area (Å²) in [6.45, 7) is 10.1. The average Bonchev–Trinajstić information content (AvgIpc) is 2.39. The van der Waals surface area contributed by atoms with Crippen LogP contribution in [0, 0.1) is 0 Å². The molecule has 0 aliphatic carbocycles. The Balaban J connectivity index is 2.02. The average molecular weight is 246 g/mol. The standard InChI is InChI=1S/C16H26N2/c1-4-17-15-6-5-11-18(12-15)16-9-7-14(8-10-16)13(2)3/h7-10,13,15,17H,4-6,11-12H2,1-3H3. The Labute approximate surface area is 111 Å². The first-order valence-corrected chi connectivity index (χ1v) is 7.29. The molecule has 1 aliphatic rings. The summed E-state index contributed by atoms with van der Waals surface area (Å²) in [5, 5.41) is 3.57. The molecule has 2 rings (SSSR count). The van der Waals surface area contributed by atoms with Gasteiger partial charge in [0.1, 0.15) is 0 Å². The minimum atomic E-state index is 0.620. The lowest BCUT2D eigenvalue weighted by Gasteiger charge is -2.35. The Bertz CT molecular complexity index is 354. The Morgan fingerprint density at radius 1 is 1.28 bits per heavy atom. The van der Waals surface area contributed by atoms with Crippen molar-refractivity contribution in [3.05, 3.63) is 29.8 Å². The molecular formula is C16H26N2. The number of hydrogen-bond acceptors (Lipinski definition) is 2. The van der Waals surface area contributed by atoms with Crippen molar-refractivity contribution in [1.82, 2.24) is 5.32 Å². The molecule has 0 spiro atoms. The zero-order valence-corrected chi connectivity index (χ0v) is 11.9. The van der Waals surface area contributed by atoms with Gasteiger partial charge in [-0.25, -0.2) is 0 Å². The number of nitrogens with one attached hydrogen (secondary N) is 1. The van der Waals surface area contributed by atoms with Crippen LogP contribution in [0.5, 0.6) is 0 Å². The predicted octanol–water partition coefficient (Wildman–Crippen LogP) is 3.39. The third-order valence-electron chi connectivity index (χ3n) is 3.84.